The Labute approximate surface area is 85.1 Å². The van der Waals surface area contributed by atoms with Gasteiger partial charge < -0.3 is 9.84 Å². The van der Waals surface area contributed by atoms with E-state index >= 15 is 0 Å². The van der Waals surface area contributed by atoms with Crippen LogP contribution in [0, 0.1) is 0 Å². The Bertz CT molecular complexity index is 260. The largest absolute Gasteiger partial charge is 0.338 e. The highest BCUT2D eigenvalue weighted by molar-refractivity contribution is 4.91. The molecule has 0 aliphatic carbocycles. The normalized spacial score (nSPS) is 13.1. The van der Waals surface area contributed by atoms with Crippen LogP contribution < -0.4 is 5.32 Å². The van der Waals surface area contributed by atoms with Crippen LogP contribution in [0.4, 0.5) is 0 Å². The van der Waals surface area contributed by atoms with Gasteiger partial charge in [-0.15, -0.1) is 0 Å². The Morgan fingerprint density at radius 1 is 1.36 bits per heavy atom. The van der Waals surface area contributed by atoms with Gasteiger partial charge in [-0.25, -0.2) is 0 Å². The lowest BCUT2D eigenvalue weighted by Crippen LogP contribution is -2.19. The predicted molar refractivity (Wildman–Crippen MR) is 55.0 cm³/mol. The molecule has 1 aromatic heterocycles. The first-order valence-corrected chi connectivity index (χ1v) is 5.33. The molecule has 0 aromatic carbocycles. The van der Waals surface area contributed by atoms with Gasteiger partial charge in [0, 0.05) is 6.42 Å². The molecular weight excluding hydrogens is 178 g/mol. The third-order valence-corrected chi connectivity index (χ3v) is 2.03. The van der Waals surface area contributed by atoms with Crippen molar-refractivity contribution in [3.8, 4) is 0 Å². The minimum Gasteiger partial charge on any atom is -0.338 e. The molecule has 0 aliphatic heterocycles. The molecule has 0 amide bonds. The molecule has 4 nitrogen and oxygen atoms in total. The van der Waals surface area contributed by atoms with Gasteiger partial charge in [0.25, 0.3) is 0 Å². The highest BCUT2D eigenvalue weighted by atomic mass is 16.5. The zero-order valence-electron chi connectivity index (χ0n) is 9.21. The average Bonchev–Trinajstić information content (AvgIpc) is 2.63. The second-order valence-electron chi connectivity index (χ2n) is 3.47. The van der Waals surface area contributed by atoms with E-state index in [9.17, 15) is 0 Å². The van der Waals surface area contributed by atoms with Crippen LogP contribution in [0.1, 0.15) is 51.4 Å². The van der Waals surface area contributed by atoms with Crippen LogP contribution in [0.25, 0.3) is 0 Å². The van der Waals surface area contributed by atoms with Crippen molar-refractivity contribution >= 4 is 0 Å². The maximum Gasteiger partial charge on any atom is 0.243 e. The number of nitrogens with zero attached hydrogens (tertiary/aromatic N) is 2. The van der Waals surface area contributed by atoms with Crippen molar-refractivity contribution in [2.75, 3.05) is 6.54 Å². The molecule has 14 heavy (non-hydrogen) atoms. The number of aromatic nitrogens is 2. The van der Waals surface area contributed by atoms with Gasteiger partial charge in [0.1, 0.15) is 0 Å². The second kappa shape index (κ2) is 5.75. The highest BCUT2D eigenvalue weighted by Gasteiger charge is 2.12. The Hall–Kier alpha value is -0.900. The van der Waals surface area contributed by atoms with Crippen LogP contribution in [0.5, 0.6) is 0 Å². The molecular formula is C10H19N3O. The fourth-order valence-corrected chi connectivity index (χ4v) is 1.22. The monoisotopic (exact) mass is 197 g/mol. The molecule has 1 N–H and O–H groups in total. The minimum atomic E-state index is 0.160. The van der Waals surface area contributed by atoms with E-state index in [4.69, 9.17) is 4.52 Å². The van der Waals surface area contributed by atoms with Crippen molar-refractivity contribution in [2.45, 2.75) is 46.1 Å². The van der Waals surface area contributed by atoms with Crippen LogP contribution in [0.2, 0.25) is 0 Å². The summed E-state index contributed by atoms with van der Waals surface area (Å²) < 4.78 is 5.15. The number of nitrogens with one attached hydrogen (secondary N) is 1. The number of hydrogen-bond donors (Lipinski definition) is 1. The molecule has 0 saturated heterocycles. The van der Waals surface area contributed by atoms with Crippen LogP contribution in [-0.4, -0.2) is 16.7 Å². The van der Waals surface area contributed by atoms with Gasteiger partial charge >= 0.3 is 0 Å². The SMILES string of the molecule is CCCNC(C)c1nc(CCC)no1. The molecule has 1 aromatic rings. The quantitative estimate of drug-likeness (QED) is 0.758. The maximum atomic E-state index is 5.15. The molecule has 1 unspecified atom stereocenters. The zero-order chi connectivity index (χ0) is 10.4. The van der Waals surface area contributed by atoms with E-state index < -0.39 is 0 Å². The highest BCUT2D eigenvalue weighted by Crippen LogP contribution is 2.09. The van der Waals surface area contributed by atoms with Gasteiger partial charge in [0.05, 0.1) is 6.04 Å². The first kappa shape index (κ1) is 11.2. The molecule has 0 saturated carbocycles. The topological polar surface area (TPSA) is 51.0 Å². The molecule has 1 rings (SSSR count). The van der Waals surface area contributed by atoms with E-state index in [2.05, 4.69) is 29.3 Å². The molecule has 0 radical (unpaired) electrons. The van der Waals surface area contributed by atoms with E-state index in [1.165, 1.54) is 0 Å². The fourth-order valence-electron chi connectivity index (χ4n) is 1.22. The lowest BCUT2D eigenvalue weighted by Gasteiger charge is -2.06. The third-order valence-electron chi connectivity index (χ3n) is 2.03. The summed E-state index contributed by atoms with van der Waals surface area (Å²) in [5, 5.41) is 7.22. The Kier molecular flexibility index (Phi) is 4.59. The molecule has 1 atom stereocenters. The first-order chi connectivity index (χ1) is 6.77. The van der Waals surface area contributed by atoms with Crippen molar-refractivity contribution in [1.29, 1.82) is 0 Å². The molecule has 4 heteroatoms. The summed E-state index contributed by atoms with van der Waals surface area (Å²) in [6.45, 7) is 7.26. The molecule has 1 heterocycles. The molecule has 80 valence electrons. The summed E-state index contributed by atoms with van der Waals surface area (Å²) in [4.78, 5) is 4.31. The van der Waals surface area contributed by atoms with E-state index in [1.54, 1.807) is 0 Å². The second-order valence-corrected chi connectivity index (χ2v) is 3.47. The number of aryl methyl sites for hydroxylation is 1. The number of rotatable bonds is 6. The summed E-state index contributed by atoms with van der Waals surface area (Å²) >= 11 is 0. The Morgan fingerprint density at radius 2 is 2.14 bits per heavy atom. The molecule has 0 bridgehead atoms. The van der Waals surface area contributed by atoms with Crippen LogP contribution in [-0.2, 0) is 6.42 Å². The Balaban J connectivity index is 2.48. The summed E-state index contributed by atoms with van der Waals surface area (Å²) in [6, 6.07) is 0.160. The van der Waals surface area contributed by atoms with Crippen LogP contribution in [0.3, 0.4) is 0 Å². The Morgan fingerprint density at radius 3 is 2.79 bits per heavy atom. The number of hydrogen-bond acceptors (Lipinski definition) is 4. The van der Waals surface area contributed by atoms with Crippen LogP contribution in [0.15, 0.2) is 4.52 Å². The molecule has 0 aliphatic rings. The lowest BCUT2D eigenvalue weighted by atomic mass is 10.3. The summed E-state index contributed by atoms with van der Waals surface area (Å²) in [5.41, 5.74) is 0. The van der Waals surface area contributed by atoms with Gasteiger partial charge in [-0.1, -0.05) is 19.0 Å². The van der Waals surface area contributed by atoms with Gasteiger partial charge in [0.2, 0.25) is 5.89 Å². The van der Waals surface area contributed by atoms with Crippen molar-refractivity contribution in [3.05, 3.63) is 11.7 Å². The van der Waals surface area contributed by atoms with Gasteiger partial charge in [-0.05, 0) is 26.3 Å². The van der Waals surface area contributed by atoms with E-state index in [1.807, 2.05) is 6.92 Å². The van der Waals surface area contributed by atoms with Crippen molar-refractivity contribution in [2.24, 2.45) is 0 Å². The molecule has 0 fully saturated rings. The predicted octanol–water partition coefficient (Wildman–Crippen LogP) is 2.08. The maximum absolute atomic E-state index is 5.15. The van der Waals surface area contributed by atoms with E-state index in [-0.39, 0.29) is 6.04 Å². The van der Waals surface area contributed by atoms with Crippen molar-refractivity contribution in [3.63, 3.8) is 0 Å². The van der Waals surface area contributed by atoms with Gasteiger partial charge in [-0.2, -0.15) is 4.98 Å². The average molecular weight is 197 g/mol. The summed E-state index contributed by atoms with van der Waals surface area (Å²) in [6.07, 6.45) is 3.06. The van der Waals surface area contributed by atoms with Crippen molar-refractivity contribution in [1.82, 2.24) is 15.5 Å². The minimum absolute atomic E-state index is 0.160. The lowest BCUT2D eigenvalue weighted by molar-refractivity contribution is 0.336. The summed E-state index contributed by atoms with van der Waals surface area (Å²) in [7, 11) is 0. The van der Waals surface area contributed by atoms with Crippen molar-refractivity contribution < 1.29 is 4.52 Å². The van der Waals surface area contributed by atoms with Gasteiger partial charge in [0.15, 0.2) is 5.82 Å². The standard InChI is InChI=1S/C10H19N3O/c1-4-6-9-12-10(14-13-9)8(3)11-7-5-2/h8,11H,4-7H2,1-3H3. The first-order valence-electron chi connectivity index (χ1n) is 5.33. The van der Waals surface area contributed by atoms with E-state index in [0.717, 1.165) is 31.6 Å². The zero-order valence-corrected chi connectivity index (χ0v) is 9.21. The molecule has 0 spiro atoms. The van der Waals surface area contributed by atoms with Crippen LogP contribution >= 0.6 is 0 Å². The third kappa shape index (κ3) is 3.10. The smallest absolute Gasteiger partial charge is 0.243 e. The van der Waals surface area contributed by atoms with E-state index in [0.29, 0.717) is 5.89 Å². The van der Waals surface area contributed by atoms with Gasteiger partial charge in [-0.3, -0.25) is 0 Å². The fraction of sp³-hybridized carbons (Fsp3) is 0.800. The summed E-state index contributed by atoms with van der Waals surface area (Å²) in [5.74, 6) is 1.51.